The summed E-state index contributed by atoms with van der Waals surface area (Å²) in [6.45, 7) is 0.196. The van der Waals surface area contributed by atoms with Gasteiger partial charge >= 0.3 is 5.97 Å². The maximum atomic E-state index is 12.2. The van der Waals surface area contributed by atoms with Gasteiger partial charge in [-0.15, -0.1) is 0 Å². The van der Waals surface area contributed by atoms with E-state index in [0.29, 0.717) is 31.4 Å². The SMILES string of the molecule is O=C(O)C1(CNC(=O)C2(Oc3ccccc3)CC2)CC1. The van der Waals surface area contributed by atoms with E-state index in [1.54, 1.807) is 0 Å². The number of ether oxygens (including phenoxy) is 1. The molecule has 0 atom stereocenters. The number of hydrogen-bond acceptors (Lipinski definition) is 3. The first-order valence-electron chi connectivity index (χ1n) is 6.82. The van der Waals surface area contributed by atoms with Crippen molar-refractivity contribution in [3.63, 3.8) is 0 Å². The summed E-state index contributed by atoms with van der Waals surface area (Å²) in [5, 5.41) is 11.8. The Balaban J connectivity index is 1.58. The second kappa shape index (κ2) is 4.51. The van der Waals surface area contributed by atoms with Crippen LogP contribution in [-0.4, -0.2) is 29.1 Å². The Labute approximate surface area is 116 Å². The number of hydrogen-bond donors (Lipinski definition) is 2. The fourth-order valence-corrected chi connectivity index (χ4v) is 2.23. The Bertz CT molecular complexity index is 532. The lowest BCUT2D eigenvalue weighted by atomic mass is 10.1. The average molecular weight is 275 g/mol. The summed E-state index contributed by atoms with van der Waals surface area (Å²) in [6.07, 6.45) is 2.62. The molecule has 1 amide bonds. The van der Waals surface area contributed by atoms with Gasteiger partial charge in [-0.05, 0) is 25.0 Å². The van der Waals surface area contributed by atoms with Crippen molar-refractivity contribution >= 4 is 11.9 Å². The van der Waals surface area contributed by atoms with Gasteiger partial charge < -0.3 is 15.2 Å². The number of carboxylic acid groups (broad SMARTS) is 1. The quantitative estimate of drug-likeness (QED) is 0.826. The van der Waals surface area contributed by atoms with Crippen LogP contribution in [0.5, 0.6) is 5.75 Å². The van der Waals surface area contributed by atoms with Gasteiger partial charge in [0.05, 0.1) is 5.41 Å². The summed E-state index contributed by atoms with van der Waals surface area (Å²) >= 11 is 0. The maximum absolute atomic E-state index is 12.2. The van der Waals surface area contributed by atoms with Gasteiger partial charge in [0.2, 0.25) is 0 Å². The Morgan fingerprint density at radius 2 is 1.80 bits per heavy atom. The van der Waals surface area contributed by atoms with Crippen molar-refractivity contribution in [3.8, 4) is 5.75 Å². The van der Waals surface area contributed by atoms with Crippen LogP contribution in [-0.2, 0) is 9.59 Å². The Morgan fingerprint density at radius 1 is 1.15 bits per heavy atom. The van der Waals surface area contributed by atoms with Crippen molar-refractivity contribution in [2.24, 2.45) is 5.41 Å². The molecule has 2 fully saturated rings. The third-order valence-corrected chi connectivity index (χ3v) is 4.07. The molecule has 2 N–H and O–H groups in total. The first kappa shape index (κ1) is 13.0. The number of nitrogens with one attached hydrogen (secondary N) is 1. The normalized spacial score (nSPS) is 20.8. The van der Waals surface area contributed by atoms with Crippen molar-refractivity contribution in [2.45, 2.75) is 31.3 Å². The Kier molecular flexibility index (Phi) is 2.92. The van der Waals surface area contributed by atoms with Crippen molar-refractivity contribution in [3.05, 3.63) is 30.3 Å². The van der Waals surface area contributed by atoms with E-state index in [-0.39, 0.29) is 12.5 Å². The van der Waals surface area contributed by atoms with E-state index < -0.39 is 17.0 Å². The van der Waals surface area contributed by atoms with Gasteiger partial charge in [0.15, 0.2) is 5.60 Å². The van der Waals surface area contributed by atoms with Crippen molar-refractivity contribution in [2.75, 3.05) is 6.54 Å². The van der Waals surface area contributed by atoms with Crippen LogP contribution in [0.2, 0.25) is 0 Å². The molecule has 0 bridgehead atoms. The molecule has 5 heteroatoms. The van der Waals surface area contributed by atoms with Gasteiger partial charge in [-0.3, -0.25) is 9.59 Å². The van der Waals surface area contributed by atoms with E-state index in [1.807, 2.05) is 30.3 Å². The molecule has 5 nitrogen and oxygen atoms in total. The lowest BCUT2D eigenvalue weighted by Gasteiger charge is -2.19. The molecule has 0 aromatic heterocycles. The number of carbonyl (C=O) groups excluding carboxylic acids is 1. The highest BCUT2D eigenvalue weighted by atomic mass is 16.5. The Hall–Kier alpha value is -2.04. The monoisotopic (exact) mass is 275 g/mol. The number of benzene rings is 1. The third-order valence-electron chi connectivity index (χ3n) is 4.07. The summed E-state index contributed by atoms with van der Waals surface area (Å²) in [6, 6.07) is 9.22. The molecule has 0 saturated heterocycles. The largest absolute Gasteiger partial charge is 0.481 e. The minimum Gasteiger partial charge on any atom is -0.481 e. The molecule has 2 aliphatic rings. The molecular weight excluding hydrogens is 258 g/mol. The number of aliphatic carboxylic acids is 1. The number of carbonyl (C=O) groups is 2. The number of rotatable bonds is 6. The smallest absolute Gasteiger partial charge is 0.311 e. The van der Waals surface area contributed by atoms with E-state index in [9.17, 15) is 9.59 Å². The first-order chi connectivity index (χ1) is 9.56. The van der Waals surface area contributed by atoms with Gasteiger partial charge in [0.25, 0.3) is 5.91 Å². The van der Waals surface area contributed by atoms with Crippen molar-refractivity contribution < 1.29 is 19.4 Å². The molecule has 0 radical (unpaired) electrons. The zero-order valence-corrected chi connectivity index (χ0v) is 11.1. The first-order valence-corrected chi connectivity index (χ1v) is 6.82. The number of para-hydroxylation sites is 1. The summed E-state index contributed by atoms with van der Waals surface area (Å²) in [7, 11) is 0. The summed E-state index contributed by atoms with van der Waals surface area (Å²) in [5.74, 6) is -0.361. The molecule has 1 aromatic carbocycles. The molecule has 20 heavy (non-hydrogen) atoms. The minimum atomic E-state index is -0.827. The van der Waals surface area contributed by atoms with E-state index in [4.69, 9.17) is 9.84 Å². The lowest BCUT2D eigenvalue weighted by Crippen LogP contribution is -2.44. The van der Waals surface area contributed by atoms with Crippen LogP contribution in [0.15, 0.2) is 30.3 Å². The van der Waals surface area contributed by atoms with E-state index in [0.717, 1.165) is 0 Å². The summed E-state index contributed by atoms with van der Waals surface area (Å²) in [5.41, 5.74) is -1.53. The van der Waals surface area contributed by atoms with Gasteiger partial charge in [0.1, 0.15) is 5.75 Å². The van der Waals surface area contributed by atoms with Gasteiger partial charge in [-0.1, -0.05) is 18.2 Å². The van der Waals surface area contributed by atoms with Crippen molar-refractivity contribution in [1.82, 2.24) is 5.32 Å². The molecule has 1 aromatic rings. The third kappa shape index (κ3) is 2.35. The Morgan fingerprint density at radius 3 is 2.30 bits per heavy atom. The average Bonchev–Trinajstić information content (AvgIpc) is 3.33. The molecule has 3 rings (SSSR count). The van der Waals surface area contributed by atoms with Gasteiger partial charge in [0, 0.05) is 19.4 Å². The molecule has 0 spiro atoms. The topological polar surface area (TPSA) is 75.6 Å². The predicted molar refractivity (Wildman–Crippen MR) is 71.3 cm³/mol. The summed E-state index contributed by atoms with van der Waals surface area (Å²) in [4.78, 5) is 23.3. The van der Waals surface area contributed by atoms with Crippen LogP contribution in [0.25, 0.3) is 0 Å². The van der Waals surface area contributed by atoms with Crippen LogP contribution < -0.4 is 10.1 Å². The van der Waals surface area contributed by atoms with Crippen LogP contribution >= 0.6 is 0 Å². The van der Waals surface area contributed by atoms with Crippen LogP contribution in [0.3, 0.4) is 0 Å². The summed E-state index contributed by atoms with van der Waals surface area (Å²) < 4.78 is 5.76. The molecule has 2 aliphatic carbocycles. The zero-order chi connectivity index (χ0) is 14.2. The maximum Gasteiger partial charge on any atom is 0.311 e. The number of carboxylic acids is 1. The standard InChI is InChI=1S/C15H17NO4/c17-12(16-10-14(6-7-14)13(18)19)15(8-9-15)20-11-4-2-1-3-5-11/h1-5H,6-10H2,(H,16,17)(H,18,19). The minimum absolute atomic E-state index is 0.196. The van der Waals surface area contributed by atoms with Gasteiger partial charge in [-0.2, -0.15) is 0 Å². The second-order valence-electron chi connectivity index (χ2n) is 5.68. The highest BCUT2D eigenvalue weighted by molar-refractivity contribution is 5.89. The van der Waals surface area contributed by atoms with Crippen LogP contribution in [0, 0.1) is 5.41 Å². The predicted octanol–water partition coefficient (Wildman–Crippen LogP) is 1.58. The molecule has 2 saturated carbocycles. The van der Waals surface area contributed by atoms with E-state index in [1.165, 1.54) is 0 Å². The number of amides is 1. The zero-order valence-electron chi connectivity index (χ0n) is 11.1. The van der Waals surface area contributed by atoms with Crippen molar-refractivity contribution in [1.29, 1.82) is 0 Å². The van der Waals surface area contributed by atoms with Crippen LogP contribution in [0.1, 0.15) is 25.7 Å². The van der Waals surface area contributed by atoms with Crippen LogP contribution in [0.4, 0.5) is 0 Å². The fourth-order valence-electron chi connectivity index (χ4n) is 2.23. The molecule has 0 heterocycles. The molecule has 0 aliphatic heterocycles. The fraction of sp³-hybridized carbons (Fsp3) is 0.467. The van der Waals surface area contributed by atoms with E-state index >= 15 is 0 Å². The highest BCUT2D eigenvalue weighted by Gasteiger charge is 2.55. The second-order valence-corrected chi connectivity index (χ2v) is 5.68. The molecular formula is C15H17NO4. The highest BCUT2D eigenvalue weighted by Crippen LogP contribution is 2.46. The van der Waals surface area contributed by atoms with Gasteiger partial charge in [-0.25, -0.2) is 0 Å². The van der Waals surface area contributed by atoms with E-state index in [2.05, 4.69) is 5.32 Å². The molecule has 0 unspecified atom stereocenters. The molecule has 106 valence electrons. The lowest BCUT2D eigenvalue weighted by molar-refractivity contribution is -0.143.